The van der Waals surface area contributed by atoms with E-state index >= 15 is 0 Å². The number of carbonyl (C=O) groups is 4. The highest BCUT2D eigenvalue weighted by atomic mass is 19.2. The molecule has 36 heavy (non-hydrogen) atoms. The van der Waals surface area contributed by atoms with E-state index in [4.69, 9.17) is 5.11 Å². The smallest absolute Gasteiger partial charge is 0.305 e. The van der Waals surface area contributed by atoms with Gasteiger partial charge in [0.1, 0.15) is 12.6 Å². The van der Waals surface area contributed by atoms with E-state index in [-0.39, 0.29) is 37.9 Å². The van der Waals surface area contributed by atoms with Crippen molar-refractivity contribution in [1.29, 1.82) is 0 Å². The van der Waals surface area contributed by atoms with Gasteiger partial charge in [-0.05, 0) is 25.0 Å². The number of piperidine rings is 1. The number of hydrogen-bond donors (Lipinski definition) is 2. The Balaban J connectivity index is 1.59. The molecule has 13 heteroatoms. The summed E-state index contributed by atoms with van der Waals surface area (Å²) in [5.74, 6) is -12.8. The second kappa shape index (κ2) is 11.6. The summed E-state index contributed by atoms with van der Waals surface area (Å²) in [6, 6.07) is 1.55. The largest absolute Gasteiger partial charge is 0.481 e. The van der Waals surface area contributed by atoms with E-state index in [1.807, 2.05) is 0 Å². The van der Waals surface area contributed by atoms with E-state index < -0.39 is 71.7 Å². The number of hydrogen-bond acceptors (Lipinski definition) is 6. The number of nitrogens with one attached hydrogen (secondary N) is 1. The number of Topliss-reactive ketones (excluding diaryl/α,β-unsaturated/α-hetero) is 1. The van der Waals surface area contributed by atoms with Crippen molar-refractivity contribution in [3.8, 4) is 5.75 Å². The Morgan fingerprint density at radius 3 is 2.31 bits per heavy atom. The minimum absolute atomic E-state index is 0.0393. The molecule has 2 heterocycles. The molecule has 1 aliphatic rings. The summed E-state index contributed by atoms with van der Waals surface area (Å²) in [5, 5.41) is 11.4. The molecule has 2 N–H and O–H groups in total. The molecular formula is C23H21F4N3O6. The van der Waals surface area contributed by atoms with E-state index in [1.165, 1.54) is 17.3 Å². The Labute approximate surface area is 202 Å². The highest BCUT2D eigenvalue weighted by Crippen LogP contribution is 2.26. The van der Waals surface area contributed by atoms with Gasteiger partial charge in [-0.25, -0.2) is 8.78 Å². The number of nitrogens with zero attached hydrogens (tertiary/aromatic N) is 2. The third kappa shape index (κ3) is 6.34. The number of ketones is 1. The number of carboxylic acids is 1. The lowest BCUT2D eigenvalue weighted by Gasteiger charge is -2.32. The van der Waals surface area contributed by atoms with Gasteiger partial charge < -0.3 is 20.1 Å². The Hall–Kier alpha value is -4.03. The molecule has 0 spiro atoms. The summed E-state index contributed by atoms with van der Waals surface area (Å²) in [5.41, 5.74) is 0.388. The second-order valence-electron chi connectivity index (χ2n) is 8.02. The van der Waals surface area contributed by atoms with Gasteiger partial charge in [-0.2, -0.15) is 8.78 Å². The fourth-order valence-corrected chi connectivity index (χ4v) is 3.65. The Morgan fingerprint density at radius 2 is 1.75 bits per heavy atom. The molecule has 1 atom stereocenters. The predicted molar refractivity (Wildman–Crippen MR) is 114 cm³/mol. The number of aliphatic carboxylic acids is 1. The zero-order valence-electron chi connectivity index (χ0n) is 18.7. The minimum Gasteiger partial charge on any atom is -0.481 e. The first-order valence-corrected chi connectivity index (χ1v) is 10.8. The van der Waals surface area contributed by atoms with E-state index in [2.05, 4.69) is 15.0 Å². The van der Waals surface area contributed by atoms with Crippen LogP contribution in [0.25, 0.3) is 0 Å². The summed E-state index contributed by atoms with van der Waals surface area (Å²) in [7, 11) is 0. The molecular weight excluding hydrogens is 490 g/mol. The number of carbonyl (C=O) groups excluding carboxylic acids is 3. The van der Waals surface area contributed by atoms with Crippen molar-refractivity contribution in [3.63, 3.8) is 0 Å². The first-order chi connectivity index (χ1) is 17.1. The Morgan fingerprint density at radius 1 is 1.11 bits per heavy atom. The van der Waals surface area contributed by atoms with Crippen LogP contribution in [0.5, 0.6) is 5.75 Å². The van der Waals surface area contributed by atoms with Crippen LogP contribution < -0.4 is 10.1 Å². The molecule has 0 bridgehead atoms. The van der Waals surface area contributed by atoms with Crippen molar-refractivity contribution >= 4 is 23.6 Å². The van der Waals surface area contributed by atoms with E-state index in [9.17, 15) is 36.7 Å². The van der Waals surface area contributed by atoms with Crippen LogP contribution in [0.1, 0.15) is 29.6 Å². The maximum absolute atomic E-state index is 13.7. The van der Waals surface area contributed by atoms with Crippen molar-refractivity contribution in [3.05, 3.63) is 59.4 Å². The van der Waals surface area contributed by atoms with Crippen LogP contribution in [-0.4, -0.2) is 64.3 Å². The molecule has 0 aliphatic carbocycles. The highest BCUT2D eigenvalue weighted by molar-refractivity contribution is 5.95. The first kappa shape index (κ1) is 26.6. The molecule has 1 aromatic heterocycles. The van der Waals surface area contributed by atoms with Gasteiger partial charge in [0.2, 0.25) is 17.5 Å². The van der Waals surface area contributed by atoms with Gasteiger partial charge in [0, 0.05) is 37.5 Å². The third-order valence-electron chi connectivity index (χ3n) is 5.58. The van der Waals surface area contributed by atoms with Crippen molar-refractivity contribution in [2.24, 2.45) is 5.92 Å². The maximum Gasteiger partial charge on any atom is 0.305 e. The predicted octanol–water partition coefficient (Wildman–Crippen LogP) is 2.10. The average molecular weight is 511 g/mol. The van der Waals surface area contributed by atoms with Crippen molar-refractivity contribution in [2.45, 2.75) is 25.3 Å². The molecule has 2 aromatic rings. The number of benzene rings is 1. The third-order valence-corrected chi connectivity index (χ3v) is 5.58. The molecule has 3 rings (SSSR count). The van der Waals surface area contributed by atoms with Gasteiger partial charge in [-0.3, -0.25) is 24.2 Å². The quantitative estimate of drug-likeness (QED) is 0.390. The first-order valence-electron chi connectivity index (χ1n) is 10.8. The van der Waals surface area contributed by atoms with Crippen LogP contribution >= 0.6 is 0 Å². The van der Waals surface area contributed by atoms with Crippen LogP contribution in [0.4, 0.5) is 17.6 Å². The van der Waals surface area contributed by atoms with Crippen LogP contribution in [0.15, 0.2) is 30.6 Å². The number of aromatic nitrogens is 1. The van der Waals surface area contributed by atoms with Gasteiger partial charge in [0.15, 0.2) is 23.2 Å². The molecule has 0 saturated carbocycles. The lowest BCUT2D eigenvalue weighted by Crippen LogP contribution is -2.49. The molecule has 0 radical (unpaired) electrons. The Bertz CT molecular complexity index is 1130. The fraction of sp³-hybridized carbons (Fsp3) is 0.348. The van der Waals surface area contributed by atoms with Crippen LogP contribution in [-0.2, 0) is 14.4 Å². The molecule has 192 valence electrons. The molecule has 2 amide bonds. The molecule has 1 saturated heterocycles. The molecule has 0 unspecified atom stereocenters. The number of likely N-dealkylation sites (tertiary alicyclic amines) is 1. The van der Waals surface area contributed by atoms with E-state index in [1.54, 1.807) is 12.1 Å². The highest BCUT2D eigenvalue weighted by Gasteiger charge is 2.32. The zero-order chi connectivity index (χ0) is 26.4. The molecule has 9 nitrogen and oxygen atoms in total. The minimum atomic E-state index is -1.87. The van der Waals surface area contributed by atoms with Crippen LogP contribution in [0.3, 0.4) is 0 Å². The summed E-state index contributed by atoms with van der Waals surface area (Å²) in [6.07, 6.45) is 2.55. The fourth-order valence-electron chi connectivity index (χ4n) is 3.65. The standard InChI is InChI=1S/C23H21F4N3O6/c24-14-8-15(25)20(27)21(19(14)26)36-11-17(31)16(9-18(32)33)29-22(34)12-3-6-30(7-4-12)23(35)13-2-1-5-28-10-13/h1-2,5,8,10,12,16H,3-4,6-7,9,11H2,(H,29,34)(H,32,33)/t16-/m0/s1. The molecule has 1 aliphatic heterocycles. The SMILES string of the molecule is O=C(O)C[C@H](NC(=O)C1CCN(C(=O)c2cccnc2)CC1)C(=O)COc1c(F)c(F)cc(F)c1F. The Kier molecular flexibility index (Phi) is 8.56. The van der Waals surface area contributed by atoms with Gasteiger partial charge in [0.05, 0.1) is 12.0 Å². The lowest BCUT2D eigenvalue weighted by atomic mass is 9.94. The topological polar surface area (TPSA) is 126 Å². The molecule has 1 fully saturated rings. The number of amides is 2. The monoisotopic (exact) mass is 511 g/mol. The zero-order valence-corrected chi connectivity index (χ0v) is 18.7. The summed E-state index contributed by atoms with van der Waals surface area (Å²) in [4.78, 5) is 54.3. The lowest BCUT2D eigenvalue weighted by molar-refractivity contribution is -0.141. The number of pyridine rings is 1. The van der Waals surface area contributed by atoms with Crippen molar-refractivity contribution < 1.29 is 46.6 Å². The maximum atomic E-state index is 13.7. The summed E-state index contributed by atoms with van der Waals surface area (Å²) in [6.45, 7) is -0.695. The normalized spacial score (nSPS) is 14.7. The number of ether oxygens (including phenoxy) is 1. The van der Waals surface area contributed by atoms with E-state index in [0.717, 1.165) is 0 Å². The van der Waals surface area contributed by atoms with Crippen molar-refractivity contribution in [2.75, 3.05) is 19.7 Å². The van der Waals surface area contributed by atoms with Gasteiger partial charge in [-0.1, -0.05) is 0 Å². The second-order valence-corrected chi connectivity index (χ2v) is 8.02. The van der Waals surface area contributed by atoms with Gasteiger partial charge >= 0.3 is 5.97 Å². The average Bonchev–Trinajstić information content (AvgIpc) is 2.86. The van der Waals surface area contributed by atoms with Gasteiger partial charge in [0.25, 0.3) is 5.91 Å². The van der Waals surface area contributed by atoms with Crippen LogP contribution in [0.2, 0.25) is 0 Å². The number of rotatable bonds is 9. The van der Waals surface area contributed by atoms with Gasteiger partial charge in [-0.15, -0.1) is 0 Å². The molecule has 1 aromatic carbocycles. The van der Waals surface area contributed by atoms with E-state index in [0.29, 0.717) is 5.56 Å². The summed E-state index contributed by atoms with van der Waals surface area (Å²) >= 11 is 0. The van der Waals surface area contributed by atoms with Crippen LogP contribution in [0, 0.1) is 29.2 Å². The van der Waals surface area contributed by atoms with Crippen molar-refractivity contribution in [1.82, 2.24) is 15.2 Å². The number of halogens is 4. The number of carboxylic acid groups (broad SMARTS) is 1. The summed E-state index contributed by atoms with van der Waals surface area (Å²) < 4.78 is 58.7.